The van der Waals surface area contributed by atoms with E-state index in [4.69, 9.17) is 9.47 Å². The Kier molecular flexibility index (Phi) is 5.27. The summed E-state index contributed by atoms with van der Waals surface area (Å²) in [5, 5.41) is 2.73. The number of halogens is 1. The van der Waals surface area contributed by atoms with Gasteiger partial charge in [-0.05, 0) is 43.1 Å². The summed E-state index contributed by atoms with van der Waals surface area (Å²) in [4.78, 5) is 11.4. The van der Waals surface area contributed by atoms with Gasteiger partial charge in [0.1, 0.15) is 22.7 Å². The van der Waals surface area contributed by atoms with Crippen LogP contribution in [0.25, 0.3) is 0 Å². The lowest BCUT2D eigenvalue weighted by molar-refractivity contribution is -0.760. The Balaban J connectivity index is 1.55. The molecule has 0 bridgehead atoms. The summed E-state index contributed by atoms with van der Waals surface area (Å²) in [6.45, 7) is 8.47. The first-order valence-electron chi connectivity index (χ1n) is 7.17. The van der Waals surface area contributed by atoms with E-state index in [0.717, 1.165) is 24.0 Å². The maximum Gasteiger partial charge on any atom is 0.407 e. The van der Waals surface area contributed by atoms with Crippen molar-refractivity contribution in [3.63, 3.8) is 0 Å². The molecule has 0 unspecified atom stereocenters. The van der Waals surface area contributed by atoms with Crippen LogP contribution >= 0.6 is 15.9 Å². The minimum absolute atomic E-state index is 0.208. The molecule has 2 heterocycles. The second-order valence-corrected chi connectivity index (χ2v) is 7.08. The molecule has 1 aromatic heterocycles. The number of rotatable bonds is 5. The minimum atomic E-state index is -0.455. The van der Waals surface area contributed by atoms with Gasteiger partial charge in [-0.2, -0.15) is 4.68 Å². The minimum Gasteiger partial charge on any atom is -0.444 e. The van der Waals surface area contributed by atoms with E-state index in [0.29, 0.717) is 13.2 Å². The number of nitrogens with zero attached hydrogens (tertiary/aromatic N) is 2. The third-order valence-corrected chi connectivity index (χ3v) is 3.41. The second kappa shape index (κ2) is 6.79. The monoisotopic (exact) mass is 360 g/mol. The zero-order valence-corrected chi connectivity index (χ0v) is 14.4. The third-order valence-electron chi connectivity index (χ3n) is 3.00. The van der Waals surface area contributed by atoms with Crippen LogP contribution in [0.5, 0.6) is 0 Å². The molecule has 1 aliphatic heterocycles. The largest absolute Gasteiger partial charge is 0.444 e. The lowest BCUT2D eigenvalue weighted by Crippen LogP contribution is -2.37. The SMILES string of the molecule is CC(C)(C)OC(=O)NCCCOC1Cn2cc(Br)c[n+]2C1. The Morgan fingerprint density at radius 1 is 1.57 bits per heavy atom. The van der Waals surface area contributed by atoms with Crippen LogP contribution in [0.2, 0.25) is 0 Å². The topological polar surface area (TPSA) is 56.4 Å². The van der Waals surface area contributed by atoms with Gasteiger partial charge >= 0.3 is 6.09 Å². The fraction of sp³-hybridized carbons (Fsp3) is 0.714. The molecule has 6 nitrogen and oxygen atoms in total. The number of carbonyl (C=O) groups is 1. The van der Waals surface area contributed by atoms with E-state index in [-0.39, 0.29) is 12.2 Å². The average molecular weight is 361 g/mol. The Morgan fingerprint density at radius 3 is 3.00 bits per heavy atom. The predicted molar refractivity (Wildman–Crippen MR) is 80.9 cm³/mol. The van der Waals surface area contributed by atoms with Crippen molar-refractivity contribution in [1.82, 2.24) is 10.00 Å². The van der Waals surface area contributed by atoms with E-state index in [1.165, 1.54) is 0 Å². The molecule has 0 aliphatic carbocycles. The highest BCUT2D eigenvalue weighted by Crippen LogP contribution is 2.11. The van der Waals surface area contributed by atoms with Gasteiger partial charge in [-0.1, -0.05) is 0 Å². The van der Waals surface area contributed by atoms with E-state index in [1.54, 1.807) is 0 Å². The number of nitrogens with one attached hydrogen (secondary N) is 1. The Labute approximate surface area is 133 Å². The molecule has 0 spiro atoms. The Bertz CT molecular complexity index is 473. The molecule has 0 saturated carbocycles. The average Bonchev–Trinajstić information content (AvgIpc) is 2.82. The van der Waals surface area contributed by atoms with Gasteiger partial charge in [0, 0.05) is 13.2 Å². The molecule has 1 amide bonds. The van der Waals surface area contributed by atoms with Crippen LogP contribution in [0.4, 0.5) is 4.79 Å². The van der Waals surface area contributed by atoms with Crippen LogP contribution in [0.1, 0.15) is 27.2 Å². The van der Waals surface area contributed by atoms with Crippen LogP contribution in [0.15, 0.2) is 16.9 Å². The zero-order chi connectivity index (χ0) is 15.5. The smallest absolute Gasteiger partial charge is 0.407 e. The van der Waals surface area contributed by atoms with Crippen LogP contribution < -0.4 is 10.00 Å². The molecule has 0 saturated heterocycles. The van der Waals surface area contributed by atoms with Crippen molar-refractivity contribution in [3.8, 4) is 0 Å². The molecule has 21 heavy (non-hydrogen) atoms. The van der Waals surface area contributed by atoms with Crippen LogP contribution in [-0.4, -0.2) is 35.6 Å². The van der Waals surface area contributed by atoms with Gasteiger partial charge in [0.25, 0.3) is 0 Å². The fourth-order valence-corrected chi connectivity index (χ4v) is 2.66. The molecule has 0 radical (unpaired) electrons. The van der Waals surface area contributed by atoms with Crippen molar-refractivity contribution >= 4 is 22.0 Å². The summed E-state index contributed by atoms with van der Waals surface area (Å²) in [5.74, 6) is 0. The zero-order valence-electron chi connectivity index (χ0n) is 12.8. The van der Waals surface area contributed by atoms with Gasteiger partial charge in [-0.3, -0.25) is 0 Å². The number of amides is 1. The lowest BCUT2D eigenvalue weighted by Gasteiger charge is -2.19. The number of ether oxygens (including phenoxy) is 2. The molecule has 118 valence electrons. The first-order valence-corrected chi connectivity index (χ1v) is 7.96. The molecular formula is C14H23BrN3O3+. The van der Waals surface area contributed by atoms with Crippen LogP contribution in [0, 0.1) is 0 Å². The van der Waals surface area contributed by atoms with Crippen molar-refractivity contribution in [2.75, 3.05) is 13.2 Å². The highest BCUT2D eigenvalue weighted by Gasteiger charge is 2.29. The van der Waals surface area contributed by atoms with Gasteiger partial charge in [-0.15, -0.1) is 4.68 Å². The van der Waals surface area contributed by atoms with Gasteiger partial charge in [-0.25, -0.2) is 4.79 Å². The number of carbonyl (C=O) groups excluding carboxylic acids is 1. The van der Waals surface area contributed by atoms with E-state index in [2.05, 4.69) is 30.6 Å². The number of hydrogen-bond acceptors (Lipinski definition) is 3. The van der Waals surface area contributed by atoms with Gasteiger partial charge < -0.3 is 14.8 Å². The summed E-state index contributed by atoms with van der Waals surface area (Å²) in [5.41, 5.74) is -0.455. The molecule has 0 aromatic carbocycles. The van der Waals surface area contributed by atoms with E-state index in [9.17, 15) is 4.79 Å². The summed E-state index contributed by atoms with van der Waals surface area (Å²) >= 11 is 3.45. The fourth-order valence-electron chi connectivity index (χ4n) is 2.19. The molecule has 1 aliphatic rings. The normalized spacial score (nSPS) is 17.6. The van der Waals surface area contributed by atoms with E-state index < -0.39 is 5.60 Å². The maximum atomic E-state index is 11.4. The lowest BCUT2D eigenvalue weighted by atomic mass is 10.2. The van der Waals surface area contributed by atoms with Crippen molar-refractivity contribution in [2.45, 2.75) is 52.0 Å². The molecule has 0 atom stereocenters. The van der Waals surface area contributed by atoms with Crippen molar-refractivity contribution in [3.05, 3.63) is 16.9 Å². The molecular weight excluding hydrogens is 338 g/mol. The van der Waals surface area contributed by atoms with Crippen molar-refractivity contribution < 1.29 is 19.0 Å². The number of fused-ring (bicyclic) bond motifs is 1. The van der Waals surface area contributed by atoms with Gasteiger partial charge in [0.15, 0.2) is 6.54 Å². The maximum absolute atomic E-state index is 11.4. The summed E-state index contributed by atoms with van der Waals surface area (Å²) < 4.78 is 16.3. The Morgan fingerprint density at radius 2 is 2.33 bits per heavy atom. The van der Waals surface area contributed by atoms with Crippen molar-refractivity contribution in [2.24, 2.45) is 0 Å². The standard InChI is InChI=1S/C14H22BrN3O3/c1-14(2,3)21-13(19)16-5-4-6-20-12-9-17-7-11(15)8-18(17)10-12/h7-8,12H,4-6,9-10H2,1-3H3/p+1. The highest BCUT2D eigenvalue weighted by molar-refractivity contribution is 9.10. The number of hydrogen-bond donors (Lipinski definition) is 1. The third kappa shape index (κ3) is 5.32. The van der Waals surface area contributed by atoms with E-state index in [1.807, 2.05) is 33.2 Å². The Hall–Kier alpha value is -1.08. The molecule has 0 fully saturated rings. The highest BCUT2D eigenvalue weighted by atomic mass is 79.9. The van der Waals surface area contributed by atoms with E-state index >= 15 is 0 Å². The molecule has 2 rings (SSSR count). The quantitative estimate of drug-likeness (QED) is 0.643. The number of aromatic nitrogens is 2. The van der Waals surface area contributed by atoms with Crippen molar-refractivity contribution in [1.29, 1.82) is 0 Å². The first kappa shape index (κ1) is 16.3. The second-order valence-electron chi connectivity index (χ2n) is 6.16. The molecule has 1 N–H and O–H groups in total. The summed E-state index contributed by atoms with van der Waals surface area (Å²) in [6, 6.07) is 0. The van der Waals surface area contributed by atoms with Crippen LogP contribution in [0.3, 0.4) is 0 Å². The van der Waals surface area contributed by atoms with Gasteiger partial charge in [0.2, 0.25) is 6.20 Å². The number of alkyl carbamates (subject to hydrolysis) is 1. The first-order chi connectivity index (χ1) is 9.83. The predicted octanol–water partition coefficient (Wildman–Crippen LogP) is 1.85. The molecule has 1 aromatic rings. The summed E-state index contributed by atoms with van der Waals surface area (Å²) in [7, 11) is 0. The molecule has 7 heteroatoms. The van der Waals surface area contributed by atoms with Gasteiger partial charge in [0.05, 0.1) is 6.20 Å². The van der Waals surface area contributed by atoms with Crippen LogP contribution in [-0.2, 0) is 22.6 Å². The summed E-state index contributed by atoms with van der Waals surface area (Å²) in [6.07, 6.45) is 4.71.